The summed E-state index contributed by atoms with van der Waals surface area (Å²) in [5, 5.41) is 0. The number of hydrogen-bond acceptors (Lipinski definition) is 1. The van der Waals surface area contributed by atoms with E-state index in [-0.39, 0.29) is 0 Å². The van der Waals surface area contributed by atoms with Gasteiger partial charge in [-0.3, -0.25) is 0 Å². The summed E-state index contributed by atoms with van der Waals surface area (Å²) in [6, 6.07) is 14.3. The van der Waals surface area contributed by atoms with Gasteiger partial charge in [0.05, 0.1) is 5.88 Å². The van der Waals surface area contributed by atoms with Crippen LogP contribution in [0.25, 0.3) is 0 Å². The molecule has 0 heterocycles. The summed E-state index contributed by atoms with van der Waals surface area (Å²) < 4.78 is 5.91. The van der Waals surface area contributed by atoms with Crippen molar-refractivity contribution in [2.45, 2.75) is 32.6 Å². The third-order valence-electron chi connectivity index (χ3n) is 3.13. The molecule has 0 saturated heterocycles. The zero-order valence-electron chi connectivity index (χ0n) is 11.6. The third kappa shape index (κ3) is 3.51. The zero-order valence-corrected chi connectivity index (χ0v) is 12.4. The Balaban J connectivity index is 2.21. The van der Waals surface area contributed by atoms with Crippen LogP contribution < -0.4 is 4.74 Å². The number of benzene rings is 2. The average molecular weight is 275 g/mol. The predicted molar refractivity (Wildman–Crippen MR) is 81.3 cm³/mol. The lowest BCUT2D eigenvalue weighted by atomic mass is 10.0. The van der Waals surface area contributed by atoms with E-state index in [4.69, 9.17) is 16.3 Å². The maximum atomic E-state index is 5.96. The molecule has 0 aliphatic rings. The van der Waals surface area contributed by atoms with Gasteiger partial charge >= 0.3 is 0 Å². The SMILES string of the molecule is Cc1ccc(Oc2ccc(C(C)C)cc2)c(CCl)c1. The molecule has 0 atom stereocenters. The summed E-state index contributed by atoms with van der Waals surface area (Å²) in [7, 11) is 0. The minimum absolute atomic E-state index is 0.459. The highest BCUT2D eigenvalue weighted by molar-refractivity contribution is 6.17. The van der Waals surface area contributed by atoms with Crippen LogP contribution in [0.2, 0.25) is 0 Å². The number of halogens is 1. The van der Waals surface area contributed by atoms with Gasteiger partial charge in [-0.05, 0) is 36.6 Å². The molecule has 1 nitrogen and oxygen atoms in total. The van der Waals surface area contributed by atoms with E-state index in [2.05, 4.69) is 39.0 Å². The van der Waals surface area contributed by atoms with Gasteiger partial charge in [0.25, 0.3) is 0 Å². The van der Waals surface area contributed by atoms with Crippen molar-refractivity contribution in [3.63, 3.8) is 0 Å². The molecule has 2 rings (SSSR count). The van der Waals surface area contributed by atoms with Gasteiger partial charge < -0.3 is 4.74 Å². The minimum Gasteiger partial charge on any atom is -0.457 e. The van der Waals surface area contributed by atoms with E-state index in [1.165, 1.54) is 11.1 Å². The van der Waals surface area contributed by atoms with Gasteiger partial charge in [0.2, 0.25) is 0 Å². The Morgan fingerprint density at radius 3 is 2.32 bits per heavy atom. The van der Waals surface area contributed by atoms with Gasteiger partial charge in [0.15, 0.2) is 0 Å². The van der Waals surface area contributed by atoms with Gasteiger partial charge in [-0.25, -0.2) is 0 Å². The summed E-state index contributed by atoms with van der Waals surface area (Å²) in [5.74, 6) is 2.67. The van der Waals surface area contributed by atoms with Crippen molar-refractivity contribution in [1.29, 1.82) is 0 Å². The molecule has 0 aromatic heterocycles. The highest BCUT2D eigenvalue weighted by Gasteiger charge is 2.05. The quantitative estimate of drug-likeness (QED) is 0.655. The molecular weight excluding hydrogens is 256 g/mol. The van der Waals surface area contributed by atoms with Crippen molar-refractivity contribution in [3.05, 3.63) is 59.2 Å². The lowest BCUT2D eigenvalue weighted by Crippen LogP contribution is -1.92. The molecule has 0 fully saturated rings. The first-order valence-electron chi connectivity index (χ1n) is 6.53. The smallest absolute Gasteiger partial charge is 0.131 e. The molecule has 0 unspecified atom stereocenters. The molecule has 2 aromatic rings. The molecule has 19 heavy (non-hydrogen) atoms. The van der Waals surface area contributed by atoms with E-state index in [1.807, 2.05) is 24.3 Å². The molecule has 2 aromatic carbocycles. The molecule has 0 saturated carbocycles. The summed E-state index contributed by atoms with van der Waals surface area (Å²) >= 11 is 5.96. The Hall–Kier alpha value is -1.47. The van der Waals surface area contributed by atoms with Crippen LogP contribution >= 0.6 is 11.6 Å². The maximum Gasteiger partial charge on any atom is 0.131 e. The van der Waals surface area contributed by atoms with E-state index in [1.54, 1.807) is 0 Å². The van der Waals surface area contributed by atoms with E-state index in [9.17, 15) is 0 Å². The third-order valence-corrected chi connectivity index (χ3v) is 3.42. The zero-order chi connectivity index (χ0) is 13.8. The molecule has 0 bridgehead atoms. The lowest BCUT2D eigenvalue weighted by Gasteiger charge is -2.11. The summed E-state index contributed by atoms with van der Waals surface area (Å²) in [4.78, 5) is 0. The predicted octanol–water partition coefficient (Wildman–Crippen LogP) is 5.65. The summed E-state index contributed by atoms with van der Waals surface area (Å²) in [6.45, 7) is 6.42. The highest BCUT2D eigenvalue weighted by atomic mass is 35.5. The molecule has 2 heteroatoms. The van der Waals surface area contributed by atoms with Crippen LogP contribution in [-0.4, -0.2) is 0 Å². The monoisotopic (exact) mass is 274 g/mol. The molecule has 0 aliphatic heterocycles. The van der Waals surface area contributed by atoms with Crippen LogP contribution in [0.5, 0.6) is 11.5 Å². The number of alkyl halides is 1. The van der Waals surface area contributed by atoms with Gasteiger partial charge in [-0.1, -0.05) is 43.7 Å². The summed E-state index contributed by atoms with van der Waals surface area (Å²) in [5.41, 5.74) is 3.53. The van der Waals surface area contributed by atoms with E-state index in [0.29, 0.717) is 11.8 Å². The standard InChI is InChI=1S/C17H19ClO/c1-12(2)14-5-7-16(8-6-14)19-17-9-4-13(3)10-15(17)11-18/h4-10,12H,11H2,1-3H3. The van der Waals surface area contributed by atoms with Crippen LogP contribution in [0.4, 0.5) is 0 Å². The Kier molecular flexibility index (Phi) is 4.49. The van der Waals surface area contributed by atoms with Crippen LogP contribution in [0.15, 0.2) is 42.5 Å². The average Bonchev–Trinajstić information content (AvgIpc) is 2.41. The van der Waals surface area contributed by atoms with E-state index in [0.717, 1.165) is 17.1 Å². The molecule has 0 N–H and O–H groups in total. The largest absolute Gasteiger partial charge is 0.457 e. The van der Waals surface area contributed by atoms with Crippen LogP contribution in [0.3, 0.4) is 0 Å². The fourth-order valence-electron chi connectivity index (χ4n) is 1.96. The first-order chi connectivity index (χ1) is 9.10. The van der Waals surface area contributed by atoms with Gasteiger partial charge in [0.1, 0.15) is 11.5 Å². The minimum atomic E-state index is 0.459. The van der Waals surface area contributed by atoms with Crippen LogP contribution in [0, 0.1) is 6.92 Å². The Morgan fingerprint density at radius 1 is 1.05 bits per heavy atom. The van der Waals surface area contributed by atoms with Crippen molar-refractivity contribution in [2.24, 2.45) is 0 Å². The number of aryl methyl sites for hydroxylation is 1. The van der Waals surface area contributed by atoms with Crippen LogP contribution in [-0.2, 0) is 5.88 Å². The molecule has 100 valence electrons. The summed E-state index contributed by atoms with van der Waals surface area (Å²) in [6.07, 6.45) is 0. The van der Waals surface area contributed by atoms with Crippen molar-refractivity contribution in [1.82, 2.24) is 0 Å². The Labute approximate surface area is 120 Å². The first kappa shape index (κ1) is 14.0. The van der Waals surface area contributed by atoms with Crippen LogP contribution in [0.1, 0.15) is 36.5 Å². The molecule has 0 spiro atoms. The van der Waals surface area contributed by atoms with Crippen molar-refractivity contribution in [3.8, 4) is 11.5 Å². The second-order valence-electron chi connectivity index (χ2n) is 5.07. The maximum absolute atomic E-state index is 5.96. The van der Waals surface area contributed by atoms with E-state index >= 15 is 0 Å². The van der Waals surface area contributed by atoms with E-state index < -0.39 is 0 Å². The first-order valence-corrected chi connectivity index (χ1v) is 7.07. The van der Waals surface area contributed by atoms with Crippen molar-refractivity contribution >= 4 is 11.6 Å². The number of ether oxygens (including phenoxy) is 1. The fraction of sp³-hybridized carbons (Fsp3) is 0.294. The van der Waals surface area contributed by atoms with Gasteiger partial charge in [-0.15, -0.1) is 11.6 Å². The Morgan fingerprint density at radius 2 is 1.74 bits per heavy atom. The number of rotatable bonds is 4. The second kappa shape index (κ2) is 6.12. The topological polar surface area (TPSA) is 9.23 Å². The van der Waals surface area contributed by atoms with Crippen molar-refractivity contribution < 1.29 is 4.74 Å². The molecule has 0 amide bonds. The lowest BCUT2D eigenvalue weighted by molar-refractivity contribution is 0.478. The van der Waals surface area contributed by atoms with Gasteiger partial charge in [-0.2, -0.15) is 0 Å². The molecular formula is C17H19ClO. The normalized spacial score (nSPS) is 10.8. The second-order valence-corrected chi connectivity index (χ2v) is 5.34. The van der Waals surface area contributed by atoms with Gasteiger partial charge in [0, 0.05) is 5.56 Å². The fourth-order valence-corrected chi connectivity index (χ4v) is 2.17. The van der Waals surface area contributed by atoms with Crippen molar-refractivity contribution in [2.75, 3.05) is 0 Å². The molecule has 0 radical (unpaired) electrons. The Bertz CT molecular complexity index is 544. The highest BCUT2D eigenvalue weighted by Crippen LogP contribution is 2.28. The number of hydrogen-bond donors (Lipinski definition) is 0. The molecule has 0 aliphatic carbocycles.